The van der Waals surface area contributed by atoms with Crippen LogP contribution in [0.1, 0.15) is 31.0 Å². The van der Waals surface area contributed by atoms with Crippen molar-refractivity contribution >= 4 is 46.2 Å². The molecule has 10 heteroatoms. The Balaban J connectivity index is 2.40. The van der Waals surface area contributed by atoms with E-state index in [1.165, 1.54) is 19.2 Å². The van der Waals surface area contributed by atoms with E-state index in [-0.39, 0.29) is 22.2 Å². The molecule has 3 aromatic rings. The molecular weight excluding hydrogens is 530 g/mol. The van der Waals surface area contributed by atoms with Crippen LogP contribution in [-0.2, 0) is 4.79 Å². The highest BCUT2D eigenvalue weighted by Gasteiger charge is 2.31. The lowest BCUT2D eigenvalue weighted by Crippen LogP contribution is -2.29. The largest absolute Gasteiger partial charge is 0.494 e. The monoisotopic (exact) mass is 556 g/mol. The third-order valence-electron chi connectivity index (χ3n) is 5.84. The van der Waals surface area contributed by atoms with Gasteiger partial charge in [0.05, 0.1) is 29.6 Å². The van der Waals surface area contributed by atoms with Gasteiger partial charge in [0, 0.05) is 15.8 Å². The Kier molecular flexibility index (Phi) is 9.61. The van der Waals surface area contributed by atoms with E-state index in [4.69, 9.17) is 38.7 Å². The molecule has 198 valence electrons. The van der Waals surface area contributed by atoms with Crippen LogP contribution < -0.4 is 15.8 Å². The van der Waals surface area contributed by atoms with Crippen molar-refractivity contribution in [1.29, 1.82) is 0 Å². The van der Waals surface area contributed by atoms with Crippen molar-refractivity contribution in [3.8, 4) is 5.75 Å². The SMILES string of the molecule is COc1ccccc1N=C(C(=C(N)C(=O)N=O)C(Nc1cccc(Cl)c1F)c1ccc(Cl)cc1C)C(C)C. The number of hydrogen-bond acceptors (Lipinski definition) is 6. The average molecular weight is 557 g/mol. The van der Waals surface area contributed by atoms with E-state index in [0.29, 0.717) is 27.7 Å². The molecule has 3 N–H and O–H groups in total. The number of carbonyl (C=O) groups is 1. The molecule has 0 aliphatic rings. The molecule has 7 nitrogen and oxygen atoms in total. The van der Waals surface area contributed by atoms with Gasteiger partial charge in [0.25, 0.3) is 0 Å². The molecule has 0 bridgehead atoms. The molecule has 38 heavy (non-hydrogen) atoms. The summed E-state index contributed by atoms with van der Waals surface area (Å²) in [6.45, 7) is 5.52. The molecule has 0 saturated carbocycles. The van der Waals surface area contributed by atoms with Crippen molar-refractivity contribution in [2.45, 2.75) is 26.8 Å². The van der Waals surface area contributed by atoms with Gasteiger partial charge in [0.1, 0.15) is 17.1 Å². The topological polar surface area (TPSA) is 106 Å². The number of ether oxygens (including phenoxy) is 1. The number of aliphatic imine (C=N–C) groups is 1. The molecule has 3 rings (SSSR count). The number of methoxy groups -OCH3 is 1. The molecular formula is C28H27Cl2FN4O3. The standard InChI is InChI=1S/C28H27Cl2FN4O3/c1-15(2)26(33-20-9-5-6-11-22(20)38-4)23(25(32)28(36)35-37)27(18-13-12-17(29)14-16(18)3)34-21-10-7-8-19(30)24(21)31/h5-15,27,34H,32H2,1-4H3. The Morgan fingerprint density at radius 1 is 1.08 bits per heavy atom. The first-order valence-corrected chi connectivity index (χ1v) is 12.4. The van der Waals surface area contributed by atoms with Gasteiger partial charge in [-0.15, -0.1) is 4.91 Å². The van der Waals surface area contributed by atoms with Gasteiger partial charge in [-0.1, -0.05) is 61.3 Å². The molecule has 1 amide bonds. The lowest BCUT2D eigenvalue weighted by atomic mass is 9.86. The Morgan fingerprint density at radius 3 is 2.42 bits per heavy atom. The lowest BCUT2D eigenvalue weighted by Gasteiger charge is -2.29. The number of rotatable bonds is 9. The number of halogens is 3. The maximum absolute atomic E-state index is 15.1. The molecule has 0 saturated heterocycles. The predicted molar refractivity (Wildman–Crippen MR) is 151 cm³/mol. The van der Waals surface area contributed by atoms with Crippen LogP contribution in [0.15, 0.2) is 82.1 Å². The molecule has 0 aromatic heterocycles. The fraction of sp³-hybridized carbons (Fsp3) is 0.214. The molecule has 0 spiro atoms. The zero-order valence-corrected chi connectivity index (χ0v) is 22.8. The summed E-state index contributed by atoms with van der Waals surface area (Å²) in [6, 6.07) is 15.7. The maximum atomic E-state index is 15.1. The van der Waals surface area contributed by atoms with E-state index < -0.39 is 23.5 Å². The zero-order valence-electron chi connectivity index (χ0n) is 21.3. The second kappa shape index (κ2) is 12.7. The molecule has 0 heterocycles. The first-order valence-electron chi connectivity index (χ1n) is 11.6. The van der Waals surface area contributed by atoms with Gasteiger partial charge in [-0.25, -0.2) is 9.38 Å². The molecule has 0 aliphatic heterocycles. The number of nitrogens with zero attached hydrogens (tertiary/aromatic N) is 2. The highest BCUT2D eigenvalue weighted by atomic mass is 35.5. The summed E-state index contributed by atoms with van der Waals surface area (Å²) in [7, 11) is 1.51. The fourth-order valence-corrected chi connectivity index (χ4v) is 4.40. The number of para-hydroxylation sites is 2. The van der Waals surface area contributed by atoms with E-state index in [1.807, 2.05) is 20.8 Å². The Morgan fingerprint density at radius 2 is 1.79 bits per heavy atom. The Hall–Kier alpha value is -3.75. The minimum Gasteiger partial charge on any atom is -0.494 e. The normalized spacial score (nSPS) is 13.1. The van der Waals surface area contributed by atoms with Gasteiger partial charge in [-0.3, -0.25) is 4.79 Å². The second-order valence-electron chi connectivity index (χ2n) is 8.73. The molecule has 3 aromatic carbocycles. The van der Waals surface area contributed by atoms with Crippen molar-refractivity contribution in [3.05, 3.63) is 104 Å². The number of aryl methyl sites for hydroxylation is 1. The average Bonchev–Trinajstić information content (AvgIpc) is 2.89. The lowest BCUT2D eigenvalue weighted by molar-refractivity contribution is -0.114. The summed E-state index contributed by atoms with van der Waals surface area (Å²) in [5.41, 5.74) is 8.24. The van der Waals surface area contributed by atoms with Gasteiger partial charge in [0.15, 0.2) is 5.82 Å². The quantitative estimate of drug-likeness (QED) is 0.161. The first kappa shape index (κ1) is 28.8. The predicted octanol–water partition coefficient (Wildman–Crippen LogP) is 7.54. The molecule has 0 aliphatic carbocycles. The number of benzene rings is 3. The summed E-state index contributed by atoms with van der Waals surface area (Å²) in [5, 5.41) is 6.06. The smallest absolute Gasteiger partial charge is 0.332 e. The van der Waals surface area contributed by atoms with Crippen molar-refractivity contribution in [3.63, 3.8) is 0 Å². The molecule has 1 atom stereocenters. The van der Waals surface area contributed by atoms with Crippen LogP contribution in [0, 0.1) is 23.6 Å². The van der Waals surface area contributed by atoms with E-state index in [2.05, 4.69) is 10.5 Å². The third kappa shape index (κ3) is 6.38. The zero-order chi connectivity index (χ0) is 28.0. The number of nitroso groups, excluding NO2 is 1. The van der Waals surface area contributed by atoms with Crippen LogP contribution in [-0.4, -0.2) is 18.7 Å². The Bertz CT molecular complexity index is 1420. The van der Waals surface area contributed by atoms with Crippen LogP contribution in [0.4, 0.5) is 15.8 Å². The number of carbonyl (C=O) groups excluding carboxylic acids is 1. The summed E-state index contributed by atoms with van der Waals surface area (Å²) < 4.78 is 20.5. The van der Waals surface area contributed by atoms with Crippen molar-refractivity contribution in [1.82, 2.24) is 0 Å². The number of anilines is 1. The second-order valence-corrected chi connectivity index (χ2v) is 9.57. The van der Waals surface area contributed by atoms with Crippen molar-refractivity contribution in [2.75, 3.05) is 12.4 Å². The van der Waals surface area contributed by atoms with Crippen LogP contribution in [0.5, 0.6) is 5.75 Å². The van der Waals surface area contributed by atoms with Crippen LogP contribution in [0.25, 0.3) is 0 Å². The number of amides is 1. The summed E-state index contributed by atoms with van der Waals surface area (Å²) >= 11 is 12.3. The molecule has 1 unspecified atom stereocenters. The minimum atomic E-state index is -1.18. The fourth-order valence-electron chi connectivity index (χ4n) is 4.00. The Labute approximate surface area is 230 Å². The van der Waals surface area contributed by atoms with Crippen molar-refractivity contribution in [2.24, 2.45) is 21.8 Å². The highest BCUT2D eigenvalue weighted by Crippen LogP contribution is 2.37. The third-order valence-corrected chi connectivity index (χ3v) is 6.36. The first-order chi connectivity index (χ1) is 18.1. The van der Waals surface area contributed by atoms with Crippen LogP contribution >= 0.6 is 23.2 Å². The van der Waals surface area contributed by atoms with E-state index in [1.54, 1.807) is 48.5 Å². The van der Waals surface area contributed by atoms with E-state index in [0.717, 1.165) is 5.56 Å². The number of nitrogens with two attached hydrogens (primary N) is 1. The highest BCUT2D eigenvalue weighted by molar-refractivity contribution is 6.31. The van der Waals surface area contributed by atoms with Crippen LogP contribution in [0.3, 0.4) is 0 Å². The number of hydrogen-bond donors (Lipinski definition) is 2. The maximum Gasteiger partial charge on any atom is 0.332 e. The summed E-state index contributed by atoms with van der Waals surface area (Å²) in [6.07, 6.45) is 0. The van der Waals surface area contributed by atoms with Gasteiger partial charge < -0.3 is 15.8 Å². The van der Waals surface area contributed by atoms with Gasteiger partial charge in [0.2, 0.25) is 0 Å². The van der Waals surface area contributed by atoms with Crippen molar-refractivity contribution < 1.29 is 13.9 Å². The summed E-state index contributed by atoms with van der Waals surface area (Å²) in [5.74, 6) is -1.71. The van der Waals surface area contributed by atoms with Gasteiger partial charge >= 0.3 is 5.91 Å². The minimum absolute atomic E-state index is 0.0501. The number of nitrogens with one attached hydrogen (secondary N) is 1. The molecule has 0 fully saturated rings. The van der Waals surface area contributed by atoms with E-state index >= 15 is 4.39 Å². The van der Waals surface area contributed by atoms with Gasteiger partial charge in [-0.05, 0) is 60.4 Å². The summed E-state index contributed by atoms with van der Waals surface area (Å²) in [4.78, 5) is 28.8. The van der Waals surface area contributed by atoms with Crippen LogP contribution in [0.2, 0.25) is 10.0 Å². The molecule has 0 radical (unpaired) electrons. The van der Waals surface area contributed by atoms with Gasteiger partial charge in [-0.2, -0.15) is 0 Å². The van der Waals surface area contributed by atoms with E-state index in [9.17, 15) is 9.70 Å².